The molecule has 0 amide bonds. The van der Waals surface area contributed by atoms with E-state index in [1.165, 1.54) is 7.11 Å². The van der Waals surface area contributed by atoms with Gasteiger partial charge in [-0.15, -0.1) is 0 Å². The number of nitrogens with zero attached hydrogens (tertiary/aromatic N) is 2. The third-order valence-electron chi connectivity index (χ3n) is 4.68. The van der Waals surface area contributed by atoms with E-state index in [0.717, 1.165) is 5.56 Å². The normalized spacial score (nSPS) is 9.39. The first kappa shape index (κ1) is 30.5. The number of aromatic hydroxyl groups is 2. The number of methoxy groups -OCH3 is 1. The number of aryl methyl sites for hydroxylation is 1. The van der Waals surface area contributed by atoms with Gasteiger partial charge in [0.1, 0.15) is 5.75 Å². The summed E-state index contributed by atoms with van der Waals surface area (Å²) in [5.74, 6) is 0.624. The van der Waals surface area contributed by atoms with Crippen LogP contribution in [-0.2, 0) is 17.1 Å². The molecule has 2 aromatic heterocycles. The summed E-state index contributed by atoms with van der Waals surface area (Å²) < 4.78 is 5.19. The summed E-state index contributed by atoms with van der Waals surface area (Å²) >= 11 is 0. The predicted molar refractivity (Wildman–Crippen MR) is 113 cm³/mol. The van der Waals surface area contributed by atoms with Gasteiger partial charge < -0.3 is 52.2 Å². The smallest absolute Gasteiger partial charge is 1.00 e. The molecule has 0 aliphatic rings. The van der Waals surface area contributed by atoms with Gasteiger partial charge in [0.25, 0.3) is 0 Å². The van der Waals surface area contributed by atoms with Crippen LogP contribution in [0.4, 0.5) is 0 Å². The Balaban J connectivity index is 0.00000256. The maximum absolute atomic E-state index is 10.4. The molecular weight excluding hydrogens is 526 g/mol. The molecule has 172 valence electrons. The van der Waals surface area contributed by atoms with Gasteiger partial charge in [-0.3, -0.25) is 0 Å². The number of rotatable bonds is 4. The number of ether oxygens (including phenoxy) is 1. The molecule has 0 bridgehead atoms. The van der Waals surface area contributed by atoms with E-state index in [1.54, 1.807) is 18.2 Å². The van der Waals surface area contributed by atoms with Crippen molar-refractivity contribution in [2.75, 3.05) is 7.11 Å². The molecule has 0 aliphatic heterocycles. The third-order valence-corrected chi connectivity index (χ3v) is 4.68. The van der Waals surface area contributed by atoms with Gasteiger partial charge in [-0.25, -0.2) is 9.97 Å². The monoisotopic (exact) mass is 544 g/mol. The summed E-state index contributed by atoms with van der Waals surface area (Å²) in [7, 11) is 1.51. The molecule has 0 aliphatic carbocycles. The van der Waals surface area contributed by atoms with Crippen LogP contribution in [0.5, 0.6) is 17.2 Å². The van der Waals surface area contributed by atoms with Crippen molar-refractivity contribution in [3.63, 3.8) is 0 Å². The summed E-state index contributed by atoms with van der Waals surface area (Å²) in [6, 6.07) is 21.9. The fourth-order valence-electron chi connectivity index (χ4n) is 3.20. The molecule has 0 radical (unpaired) electrons. The summed E-state index contributed by atoms with van der Waals surface area (Å²) in [6.45, 7) is 1.97. The molecule has 5 nitrogen and oxygen atoms in total. The molecule has 2 aromatic carbocycles. The number of pyridine rings is 2. The van der Waals surface area contributed by atoms with Gasteiger partial charge in [-0.05, 0) is 55.5 Å². The van der Waals surface area contributed by atoms with E-state index in [1.807, 2.05) is 61.5 Å². The van der Waals surface area contributed by atoms with Gasteiger partial charge in [0.15, 0.2) is 11.5 Å². The van der Waals surface area contributed by atoms with Gasteiger partial charge >= 0.3 is 17.1 Å². The average Bonchev–Trinajstić information content (AvgIpc) is 2.76. The Kier molecular flexibility index (Phi) is 12.3. The van der Waals surface area contributed by atoms with E-state index < -0.39 is 0 Å². The molecule has 0 saturated carbocycles. The Morgan fingerprint density at radius 2 is 1.18 bits per heavy atom. The number of phenols is 2. The third kappa shape index (κ3) is 6.53. The number of hydrogen-bond acceptors (Lipinski definition) is 5. The molecule has 9 heteroatoms. The molecule has 4 rings (SSSR count). The molecule has 0 fully saturated rings. The quantitative estimate of drug-likeness (QED) is 0.258. The SMILES string of the molecule is COc1cccc(-c2cccc(-c3cccc(-c4cc(C)ccc4O)n3)n2)c1O.[Cl-].[Cl-].[Cl-].[Mn+3]. The van der Waals surface area contributed by atoms with Crippen molar-refractivity contribution in [2.45, 2.75) is 6.92 Å². The standard InChI is InChI=1S/C24H20N2O3.3ClH.Mn/c1-15-12-13-22(27)17(14-15)19-8-5-10-21(26-19)20-9-4-7-18(25-20)16-6-3-11-23(29-2)24(16)28;;;;/h3-14,27-28H,1-2H3;3*1H;/q;;;;+3/p-3. The van der Waals surface area contributed by atoms with Crippen LogP contribution in [0.1, 0.15) is 5.56 Å². The summed E-state index contributed by atoms with van der Waals surface area (Å²) in [5.41, 5.74) is 4.92. The number of phenolic OH excluding ortho intramolecular Hbond substituents is 2. The van der Waals surface area contributed by atoms with Crippen molar-refractivity contribution >= 4 is 0 Å². The fourth-order valence-corrected chi connectivity index (χ4v) is 3.20. The second-order valence-electron chi connectivity index (χ2n) is 6.69. The molecule has 2 heterocycles. The van der Waals surface area contributed by atoms with E-state index in [9.17, 15) is 10.2 Å². The first-order chi connectivity index (χ1) is 14.1. The zero-order chi connectivity index (χ0) is 20.4. The van der Waals surface area contributed by atoms with Crippen LogP contribution in [0.15, 0.2) is 72.8 Å². The number of benzene rings is 2. The number of hydrogen-bond donors (Lipinski definition) is 2. The van der Waals surface area contributed by atoms with Crippen molar-refractivity contribution in [1.29, 1.82) is 0 Å². The van der Waals surface area contributed by atoms with Crippen molar-refractivity contribution < 1.29 is 69.2 Å². The summed E-state index contributed by atoms with van der Waals surface area (Å²) in [6.07, 6.45) is 0. The molecule has 0 saturated heterocycles. The van der Waals surface area contributed by atoms with Crippen LogP contribution in [0, 0.1) is 6.92 Å². The minimum Gasteiger partial charge on any atom is -1.00 e. The Labute approximate surface area is 222 Å². The Morgan fingerprint density at radius 1 is 0.667 bits per heavy atom. The number of halogens is 3. The minimum atomic E-state index is 0. The Morgan fingerprint density at radius 3 is 1.76 bits per heavy atom. The van der Waals surface area contributed by atoms with Gasteiger partial charge in [-0.1, -0.05) is 29.8 Å². The zero-order valence-electron chi connectivity index (χ0n) is 17.6. The second-order valence-corrected chi connectivity index (χ2v) is 6.69. The Bertz CT molecular complexity index is 1210. The summed E-state index contributed by atoms with van der Waals surface area (Å²) in [4.78, 5) is 9.38. The maximum Gasteiger partial charge on any atom is 3.00 e. The zero-order valence-corrected chi connectivity index (χ0v) is 21.1. The maximum atomic E-state index is 10.4. The predicted octanol–water partition coefficient (Wildman–Crippen LogP) is -3.78. The molecule has 0 atom stereocenters. The van der Waals surface area contributed by atoms with Crippen molar-refractivity contribution in [2.24, 2.45) is 0 Å². The van der Waals surface area contributed by atoms with Crippen LogP contribution in [0.25, 0.3) is 33.9 Å². The van der Waals surface area contributed by atoms with Crippen LogP contribution in [0.2, 0.25) is 0 Å². The van der Waals surface area contributed by atoms with Crippen molar-refractivity contribution in [3.05, 3.63) is 78.4 Å². The molecular formula is C24H20Cl3MnN2O3. The van der Waals surface area contributed by atoms with Gasteiger partial charge in [0.05, 0.1) is 29.9 Å². The second kappa shape index (κ2) is 13.3. The summed E-state index contributed by atoms with van der Waals surface area (Å²) in [5, 5.41) is 20.7. The van der Waals surface area contributed by atoms with Gasteiger partial charge in [0, 0.05) is 11.1 Å². The van der Waals surface area contributed by atoms with Gasteiger partial charge in [-0.2, -0.15) is 0 Å². The number of aromatic nitrogens is 2. The molecule has 4 aromatic rings. The van der Waals surface area contributed by atoms with E-state index in [4.69, 9.17) is 9.72 Å². The van der Waals surface area contributed by atoms with Crippen LogP contribution >= 0.6 is 0 Å². The van der Waals surface area contributed by atoms with E-state index in [0.29, 0.717) is 39.7 Å². The minimum absolute atomic E-state index is 0. The van der Waals surface area contributed by atoms with Crippen molar-refractivity contribution in [3.8, 4) is 51.2 Å². The molecule has 2 N–H and O–H groups in total. The van der Waals surface area contributed by atoms with Crippen molar-refractivity contribution in [1.82, 2.24) is 9.97 Å². The van der Waals surface area contributed by atoms with Gasteiger partial charge in [0.2, 0.25) is 0 Å². The van der Waals surface area contributed by atoms with E-state index in [-0.39, 0.29) is 65.8 Å². The molecule has 33 heavy (non-hydrogen) atoms. The van der Waals surface area contributed by atoms with Crippen LogP contribution in [0.3, 0.4) is 0 Å². The van der Waals surface area contributed by atoms with Crippen LogP contribution in [-0.4, -0.2) is 27.3 Å². The molecule has 0 spiro atoms. The first-order valence-corrected chi connectivity index (χ1v) is 9.17. The largest absolute Gasteiger partial charge is 3.00 e. The average molecular weight is 546 g/mol. The van der Waals surface area contributed by atoms with Crippen LogP contribution < -0.4 is 42.0 Å². The number of para-hydroxylation sites is 1. The molecule has 0 unspecified atom stereocenters. The fraction of sp³-hybridized carbons (Fsp3) is 0.0833. The Hall–Kier alpha value is -2.47. The topological polar surface area (TPSA) is 75.5 Å². The van der Waals surface area contributed by atoms with E-state index in [2.05, 4.69) is 4.98 Å². The first-order valence-electron chi connectivity index (χ1n) is 9.17. The van der Waals surface area contributed by atoms with E-state index >= 15 is 0 Å².